The van der Waals surface area contributed by atoms with E-state index in [1.54, 1.807) is 13.2 Å². The number of methoxy groups -OCH3 is 1. The van der Waals surface area contributed by atoms with E-state index in [0.29, 0.717) is 5.92 Å². The van der Waals surface area contributed by atoms with Crippen LogP contribution in [-0.2, 0) is 4.74 Å². The van der Waals surface area contributed by atoms with Crippen LogP contribution >= 0.6 is 0 Å². The van der Waals surface area contributed by atoms with Crippen molar-refractivity contribution in [2.24, 2.45) is 5.92 Å². The number of nitrogens with one attached hydrogen (secondary N) is 1. The van der Waals surface area contributed by atoms with Crippen molar-refractivity contribution in [3.8, 4) is 0 Å². The van der Waals surface area contributed by atoms with E-state index in [0.717, 1.165) is 38.5 Å². The molecule has 3 nitrogen and oxygen atoms in total. The second-order valence-electron chi connectivity index (χ2n) is 5.20. The molecule has 0 saturated carbocycles. The smallest absolute Gasteiger partial charge is 0.125 e. The molecular weight excluding hydrogens is 243 g/mol. The Morgan fingerprint density at radius 2 is 2.37 bits per heavy atom. The van der Waals surface area contributed by atoms with Crippen LogP contribution in [0.4, 0.5) is 10.1 Å². The minimum absolute atomic E-state index is 0.192. The molecule has 1 fully saturated rings. The molecule has 1 aliphatic heterocycles. The van der Waals surface area contributed by atoms with Gasteiger partial charge < -0.3 is 15.0 Å². The molecule has 19 heavy (non-hydrogen) atoms. The van der Waals surface area contributed by atoms with E-state index in [2.05, 4.69) is 10.2 Å². The molecule has 0 bridgehead atoms. The number of ether oxygens (including phenoxy) is 1. The highest BCUT2D eigenvalue weighted by atomic mass is 19.1. The molecule has 1 saturated heterocycles. The van der Waals surface area contributed by atoms with Gasteiger partial charge in [-0.2, -0.15) is 0 Å². The predicted molar refractivity (Wildman–Crippen MR) is 75.9 cm³/mol. The number of likely N-dealkylation sites (tertiary alicyclic amines) is 1. The molecule has 0 aliphatic carbocycles. The SMILES string of the molecule is COCC1CCCN(CCNc2cccc(F)c2)C1. The average molecular weight is 266 g/mol. The Balaban J connectivity index is 1.70. The van der Waals surface area contributed by atoms with E-state index in [-0.39, 0.29) is 5.82 Å². The minimum atomic E-state index is -0.192. The number of hydrogen-bond donors (Lipinski definition) is 1. The number of benzene rings is 1. The van der Waals surface area contributed by atoms with Crippen molar-refractivity contribution >= 4 is 5.69 Å². The van der Waals surface area contributed by atoms with Crippen molar-refractivity contribution in [2.75, 3.05) is 45.2 Å². The van der Waals surface area contributed by atoms with Gasteiger partial charge in [0.2, 0.25) is 0 Å². The molecule has 1 aromatic carbocycles. The van der Waals surface area contributed by atoms with Crippen molar-refractivity contribution in [3.05, 3.63) is 30.1 Å². The average Bonchev–Trinajstić information content (AvgIpc) is 2.40. The first kappa shape index (κ1) is 14.3. The van der Waals surface area contributed by atoms with Gasteiger partial charge in [-0.3, -0.25) is 0 Å². The molecule has 1 heterocycles. The number of anilines is 1. The van der Waals surface area contributed by atoms with Gasteiger partial charge >= 0.3 is 0 Å². The molecule has 0 radical (unpaired) electrons. The molecule has 1 aliphatic rings. The Kier molecular flexibility index (Phi) is 5.61. The zero-order chi connectivity index (χ0) is 13.5. The number of halogens is 1. The lowest BCUT2D eigenvalue weighted by Crippen LogP contribution is -2.39. The topological polar surface area (TPSA) is 24.5 Å². The van der Waals surface area contributed by atoms with Gasteiger partial charge in [0.25, 0.3) is 0 Å². The quantitative estimate of drug-likeness (QED) is 0.856. The first-order valence-corrected chi connectivity index (χ1v) is 6.98. The minimum Gasteiger partial charge on any atom is -0.384 e. The van der Waals surface area contributed by atoms with Gasteiger partial charge in [0.15, 0.2) is 0 Å². The van der Waals surface area contributed by atoms with E-state index >= 15 is 0 Å². The molecule has 1 N–H and O–H groups in total. The zero-order valence-corrected chi connectivity index (χ0v) is 11.6. The third kappa shape index (κ3) is 4.80. The maximum absolute atomic E-state index is 13.0. The van der Waals surface area contributed by atoms with Gasteiger partial charge in [0.1, 0.15) is 5.82 Å². The number of rotatable bonds is 6. The third-order valence-corrected chi connectivity index (χ3v) is 3.59. The predicted octanol–water partition coefficient (Wildman–Crippen LogP) is 2.60. The molecule has 4 heteroatoms. The summed E-state index contributed by atoms with van der Waals surface area (Å²) in [5.74, 6) is 0.469. The summed E-state index contributed by atoms with van der Waals surface area (Å²) < 4.78 is 18.3. The number of piperidine rings is 1. The summed E-state index contributed by atoms with van der Waals surface area (Å²) in [6, 6.07) is 6.62. The lowest BCUT2D eigenvalue weighted by Gasteiger charge is -2.32. The summed E-state index contributed by atoms with van der Waals surface area (Å²) in [5.41, 5.74) is 0.852. The van der Waals surface area contributed by atoms with E-state index in [1.165, 1.54) is 25.0 Å². The van der Waals surface area contributed by atoms with Gasteiger partial charge in [0, 0.05) is 32.4 Å². The van der Waals surface area contributed by atoms with Crippen LogP contribution in [0.1, 0.15) is 12.8 Å². The van der Waals surface area contributed by atoms with Crippen LogP contribution in [0, 0.1) is 11.7 Å². The van der Waals surface area contributed by atoms with E-state index in [9.17, 15) is 4.39 Å². The standard InChI is InChI=1S/C15H23FN2O/c1-19-12-13-4-3-8-18(11-13)9-7-17-15-6-2-5-14(16)10-15/h2,5-6,10,13,17H,3-4,7-9,11-12H2,1H3. The lowest BCUT2D eigenvalue weighted by atomic mass is 9.99. The normalized spacial score (nSPS) is 20.4. The van der Waals surface area contributed by atoms with Crippen LogP contribution in [0.25, 0.3) is 0 Å². The first-order chi connectivity index (χ1) is 9.28. The van der Waals surface area contributed by atoms with Gasteiger partial charge in [-0.15, -0.1) is 0 Å². The molecule has 1 unspecified atom stereocenters. The van der Waals surface area contributed by atoms with Gasteiger partial charge in [0.05, 0.1) is 6.61 Å². The van der Waals surface area contributed by atoms with E-state index in [4.69, 9.17) is 4.74 Å². The van der Waals surface area contributed by atoms with E-state index in [1.807, 2.05) is 6.07 Å². The molecular formula is C15H23FN2O. The second kappa shape index (κ2) is 7.46. The Bertz CT molecular complexity index is 384. The van der Waals surface area contributed by atoms with Crippen LogP contribution < -0.4 is 5.32 Å². The van der Waals surface area contributed by atoms with Crippen LogP contribution in [0.2, 0.25) is 0 Å². The molecule has 2 rings (SSSR count). The summed E-state index contributed by atoms with van der Waals surface area (Å²) in [6.07, 6.45) is 2.51. The summed E-state index contributed by atoms with van der Waals surface area (Å²) in [7, 11) is 1.77. The van der Waals surface area contributed by atoms with Crippen molar-refractivity contribution in [1.82, 2.24) is 4.90 Å². The maximum Gasteiger partial charge on any atom is 0.125 e. The number of hydrogen-bond acceptors (Lipinski definition) is 3. The maximum atomic E-state index is 13.0. The zero-order valence-electron chi connectivity index (χ0n) is 11.6. The fourth-order valence-corrected chi connectivity index (χ4v) is 2.68. The summed E-state index contributed by atoms with van der Waals surface area (Å²) in [6.45, 7) is 4.97. The van der Waals surface area contributed by atoms with Crippen LogP contribution in [-0.4, -0.2) is 44.8 Å². The molecule has 1 atom stereocenters. The molecule has 0 amide bonds. The van der Waals surface area contributed by atoms with Crippen LogP contribution in [0.5, 0.6) is 0 Å². The highest BCUT2D eigenvalue weighted by molar-refractivity contribution is 5.42. The fourth-order valence-electron chi connectivity index (χ4n) is 2.68. The Labute approximate surface area is 114 Å². The number of nitrogens with zero attached hydrogens (tertiary/aromatic N) is 1. The Morgan fingerprint density at radius 1 is 1.47 bits per heavy atom. The lowest BCUT2D eigenvalue weighted by molar-refractivity contribution is 0.0926. The van der Waals surface area contributed by atoms with E-state index < -0.39 is 0 Å². The monoisotopic (exact) mass is 266 g/mol. The molecule has 1 aromatic rings. The Hall–Kier alpha value is -1.13. The molecule has 106 valence electrons. The third-order valence-electron chi connectivity index (χ3n) is 3.59. The van der Waals surface area contributed by atoms with Crippen LogP contribution in [0.15, 0.2) is 24.3 Å². The van der Waals surface area contributed by atoms with Gasteiger partial charge in [-0.05, 0) is 43.5 Å². The van der Waals surface area contributed by atoms with Crippen molar-refractivity contribution in [3.63, 3.8) is 0 Å². The highest BCUT2D eigenvalue weighted by Crippen LogP contribution is 2.16. The van der Waals surface area contributed by atoms with Gasteiger partial charge in [-0.25, -0.2) is 4.39 Å². The summed E-state index contributed by atoms with van der Waals surface area (Å²) in [4.78, 5) is 2.46. The summed E-state index contributed by atoms with van der Waals surface area (Å²) >= 11 is 0. The first-order valence-electron chi connectivity index (χ1n) is 6.98. The van der Waals surface area contributed by atoms with Crippen molar-refractivity contribution in [2.45, 2.75) is 12.8 Å². The summed E-state index contributed by atoms with van der Waals surface area (Å²) in [5, 5.41) is 3.27. The van der Waals surface area contributed by atoms with Crippen molar-refractivity contribution in [1.29, 1.82) is 0 Å². The molecule has 0 spiro atoms. The fraction of sp³-hybridized carbons (Fsp3) is 0.600. The molecule has 0 aromatic heterocycles. The van der Waals surface area contributed by atoms with Gasteiger partial charge in [-0.1, -0.05) is 6.07 Å². The van der Waals surface area contributed by atoms with Crippen LogP contribution in [0.3, 0.4) is 0 Å². The second-order valence-corrected chi connectivity index (χ2v) is 5.20. The largest absolute Gasteiger partial charge is 0.384 e. The highest BCUT2D eigenvalue weighted by Gasteiger charge is 2.18. The van der Waals surface area contributed by atoms with Crippen molar-refractivity contribution < 1.29 is 9.13 Å². The Morgan fingerprint density at radius 3 is 3.16 bits per heavy atom.